The van der Waals surface area contributed by atoms with Crippen molar-refractivity contribution in [1.29, 1.82) is 0 Å². The van der Waals surface area contributed by atoms with E-state index in [1.54, 1.807) is 19.5 Å². The van der Waals surface area contributed by atoms with Crippen LogP contribution in [0.4, 0.5) is 0 Å². The van der Waals surface area contributed by atoms with E-state index in [0.717, 1.165) is 39.0 Å². The van der Waals surface area contributed by atoms with Crippen molar-refractivity contribution in [1.82, 2.24) is 9.55 Å². The van der Waals surface area contributed by atoms with Crippen molar-refractivity contribution < 1.29 is 14.6 Å². The fourth-order valence-electron chi connectivity index (χ4n) is 3.06. The lowest BCUT2D eigenvalue weighted by Crippen LogP contribution is -2.02. The van der Waals surface area contributed by atoms with Crippen molar-refractivity contribution in [3.8, 4) is 16.9 Å². The van der Waals surface area contributed by atoms with Crippen molar-refractivity contribution in [2.75, 3.05) is 7.11 Å². The zero-order valence-electron chi connectivity index (χ0n) is 13.3. The van der Waals surface area contributed by atoms with E-state index >= 15 is 0 Å². The Balaban J connectivity index is 2.44. The highest BCUT2D eigenvalue weighted by molar-refractivity contribution is 6.03. The Labute approximate surface area is 134 Å². The molecule has 0 aliphatic carbocycles. The van der Waals surface area contributed by atoms with E-state index in [9.17, 15) is 9.90 Å². The predicted octanol–water partition coefficient (Wildman–Crippen LogP) is 3.18. The molecule has 0 saturated carbocycles. The van der Waals surface area contributed by atoms with Gasteiger partial charge >= 0.3 is 5.97 Å². The van der Waals surface area contributed by atoms with Crippen molar-refractivity contribution in [2.45, 2.75) is 13.3 Å². The van der Waals surface area contributed by atoms with Gasteiger partial charge in [0.15, 0.2) is 0 Å². The lowest BCUT2D eigenvalue weighted by molar-refractivity contribution is -0.136. The number of carboxylic acid groups (broad SMARTS) is 1. The summed E-state index contributed by atoms with van der Waals surface area (Å²) in [5, 5.41) is 10.2. The number of hydrogen-bond donors (Lipinski definition) is 1. The quantitative estimate of drug-likeness (QED) is 0.804. The van der Waals surface area contributed by atoms with Gasteiger partial charge in [-0.2, -0.15) is 0 Å². The number of rotatable bonds is 4. The topological polar surface area (TPSA) is 64.3 Å². The fourth-order valence-corrected chi connectivity index (χ4v) is 3.06. The predicted molar refractivity (Wildman–Crippen MR) is 88.8 cm³/mol. The van der Waals surface area contributed by atoms with Gasteiger partial charge in [0.25, 0.3) is 0 Å². The van der Waals surface area contributed by atoms with Gasteiger partial charge < -0.3 is 14.4 Å². The maximum atomic E-state index is 11.3. The van der Waals surface area contributed by atoms with Crippen LogP contribution in [0.1, 0.15) is 11.3 Å². The molecule has 3 aromatic rings. The summed E-state index contributed by atoms with van der Waals surface area (Å²) >= 11 is 0. The number of aliphatic carboxylic acids is 1. The Bertz CT molecular complexity index is 882. The lowest BCUT2D eigenvalue weighted by Gasteiger charge is -2.12. The van der Waals surface area contributed by atoms with Gasteiger partial charge in [0, 0.05) is 41.6 Å². The Kier molecular flexibility index (Phi) is 3.78. The first-order valence-electron chi connectivity index (χ1n) is 7.31. The minimum Gasteiger partial charge on any atom is -0.496 e. The van der Waals surface area contributed by atoms with Crippen LogP contribution in [0.2, 0.25) is 0 Å². The molecule has 2 heterocycles. The third kappa shape index (κ3) is 2.44. The summed E-state index contributed by atoms with van der Waals surface area (Å²) in [5.74, 6) is -0.120. The molecule has 118 valence electrons. The van der Waals surface area contributed by atoms with E-state index in [1.165, 1.54) is 0 Å². The minimum atomic E-state index is -0.843. The Morgan fingerprint density at radius 3 is 2.57 bits per heavy atom. The molecule has 5 heteroatoms. The molecule has 0 bridgehead atoms. The molecule has 0 fully saturated rings. The number of aryl methyl sites for hydroxylation is 1. The molecule has 0 aliphatic rings. The lowest BCUT2D eigenvalue weighted by atomic mass is 9.97. The number of benzene rings is 1. The molecular formula is C18H18N2O3. The van der Waals surface area contributed by atoms with Crippen molar-refractivity contribution >= 4 is 16.9 Å². The van der Waals surface area contributed by atoms with Gasteiger partial charge in [0.1, 0.15) is 5.75 Å². The average Bonchev–Trinajstić information content (AvgIpc) is 2.79. The van der Waals surface area contributed by atoms with Crippen LogP contribution in [0.5, 0.6) is 5.75 Å². The van der Waals surface area contributed by atoms with Gasteiger partial charge in [-0.15, -0.1) is 0 Å². The third-order valence-corrected chi connectivity index (χ3v) is 4.27. The maximum absolute atomic E-state index is 11.3. The molecule has 1 N–H and O–H groups in total. The highest BCUT2D eigenvalue weighted by Gasteiger charge is 2.21. The van der Waals surface area contributed by atoms with Gasteiger partial charge in [-0.1, -0.05) is 0 Å². The van der Waals surface area contributed by atoms with E-state index in [4.69, 9.17) is 4.74 Å². The molecule has 1 aromatic carbocycles. The van der Waals surface area contributed by atoms with Gasteiger partial charge in [0.2, 0.25) is 0 Å². The van der Waals surface area contributed by atoms with Crippen LogP contribution in [-0.2, 0) is 18.3 Å². The zero-order chi connectivity index (χ0) is 16.6. The van der Waals surface area contributed by atoms with Gasteiger partial charge in [-0.3, -0.25) is 9.78 Å². The molecule has 0 atom stereocenters. The number of aromatic nitrogens is 2. The van der Waals surface area contributed by atoms with Crippen LogP contribution in [0.25, 0.3) is 22.0 Å². The number of methoxy groups -OCH3 is 1. The molecule has 23 heavy (non-hydrogen) atoms. The van der Waals surface area contributed by atoms with Crippen molar-refractivity contribution in [3.05, 3.63) is 47.9 Å². The van der Waals surface area contributed by atoms with Crippen LogP contribution in [0, 0.1) is 6.92 Å². The van der Waals surface area contributed by atoms with Crippen LogP contribution in [0.3, 0.4) is 0 Å². The summed E-state index contributed by atoms with van der Waals surface area (Å²) in [6, 6.07) is 7.70. The first-order chi connectivity index (χ1) is 11.0. The highest BCUT2D eigenvalue weighted by Crippen LogP contribution is 2.40. The van der Waals surface area contributed by atoms with E-state index in [1.807, 2.05) is 42.8 Å². The van der Waals surface area contributed by atoms with Crippen LogP contribution in [0.15, 0.2) is 36.7 Å². The van der Waals surface area contributed by atoms with Crippen LogP contribution >= 0.6 is 0 Å². The van der Waals surface area contributed by atoms with Gasteiger partial charge in [-0.05, 0) is 42.3 Å². The number of carbonyl (C=O) groups is 1. The molecule has 3 rings (SSSR count). The van der Waals surface area contributed by atoms with Gasteiger partial charge in [-0.25, -0.2) is 0 Å². The minimum absolute atomic E-state index is 0.0194. The molecule has 0 aliphatic heterocycles. The average molecular weight is 310 g/mol. The molecule has 0 amide bonds. The Morgan fingerprint density at radius 1 is 1.26 bits per heavy atom. The molecule has 2 aromatic heterocycles. The Hall–Kier alpha value is -2.82. The first kappa shape index (κ1) is 15.1. The number of fused-ring (bicyclic) bond motifs is 1. The molecular weight excluding hydrogens is 292 g/mol. The standard InChI is InChI=1S/C18H18N2O3/c1-11-13(10-16(21)22)18-14(20(11)2)4-5-15(23-3)17(18)12-6-8-19-9-7-12/h4-9H,10H2,1-3H3,(H,21,22). The summed E-state index contributed by atoms with van der Waals surface area (Å²) in [5.41, 5.74) is 4.63. The molecule has 0 radical (unpaired) electrons. The third-order valence-electron chi connectivity index (χ3n) is 4.27. The van der Waals surface area contributed by atoms with Crippen molar-refractivity contribution in [3.63, 3.8) is 0 Å². The van der Waals surface area contributed by atoms with E-state index in [2.05, 4.69) is 4.98 Å². The highest BCUT2D eigenvalue weighted by atomic mass is 16.5. The van der Waals surface area contributed by atoms with E-state index in [0.29, 0.717) is 0 Å². The fraction of sp³-hybridized carbons (Fsp3) is 0.222. The summed E-state index contributed by atoms with van der Waals surface area (Å²) in [7, 11) is 3.57. The van der Waals surface area contributed by atoms with E-state index in [-0.39, 0.29) is 6.42 Å². The molecule has 5 nitrogen and oxygen atoms in total. The van der Waals surface area contributed by atoms with E-state index < -0.39 is 5.97 Å². The van der Waals surface area contributed by atoms with Crippen molar-refractivity contribution in [2.24, 2.45) is 7.05 Å². The summed E-state index contributed by atoms with van der Waals surface area (Å²) in [6.07, 6.45) is 3.43. The number of pyridine rings is 1. The molecule has 0 unspecified atom stereocenters. The summed E-state index contributed by atoms with van der Waals surface area (Å²) in [6.45, 7) is 1.95. The number of nitrogens with zero attached hydrogens (tertiary/aromatic N) is 2. The summed E-state index contributed by atoms with van der Waals surface area (Å²) < 4.78 is 7.57. The monoisotopic (exact) mass is 310 g/mol. The number of hydrogen-bond acceptors (Lipinski definition) is 3. The Morgan fingerprint density at radius 2 is 1.96 bits per heavy atom. The number of ether oxygens (including phenoxy) is 1. The smallest absolute Gasteiger partial charge is 0.307 e. The van der Waals surface area contributed by atoms with Crippen LogP contribution in [-0.4, -0.2) is 27.7 Å². The maximum Gasteiger partial charge on any atom is 0.307 e. The van der Waals surface area contributed by atoms with Crippen LogP contribution < -0.4 is 4.74 Å². The normalized spacial score (nSPS) is 10.9. The SMILES string of the molecule is COc1ccc2c(c(CC(=O)O)c(C)n2C)c1-c1ccncc1. The zero-order valence-corrected chi connectivity index (χ0v) is 13.3. The first-order valence-corrected chi connectivity index (χ1v) is 7.31. The van der Waals surface area contributed by atoms with Gasteiger partial charge in [0.05, 0.1) is 13.5 Å². The number of carboxylic acids is 1. The second-order valence-electron chi connectivity index (χ2n) is 5.47. The largest absolute Gasteiger partial charge is 0.496 e. The summed E-state index contributed by atoms with van der Waals surface area (Å²) in [4.78, 5) is 15.4. The second-order valence-corrected chi connectivity index (χ2v) is 5.47. The molecule has 0 saturated heterocycles. The molecule has 0 spiro atoms. The second kappa shape index (κ2) is 5.76.